The van der Waals surface area contributed by atoms with E-state index in [1.165, 1.54) is 0 Å². The molecule has 0 aliphatic heterocycles. The van der Waals surface area contributed by atoms with Gasteiger partial charge in [0.15, 0.2) is 11.5 Å². The Morgan fingerprint density at radius 1 is 1.10 bits per heavy atom. The van der Waals surface area contributed by atoms with Crippen LogP contribution in [0.5, 0.6) is 11.5 Å². The maximum Gasteiger partial charge on any atom is 0.221 e. The second kappa shape index (κ2) is 9.91. The summed E-state index contributed by atoms with van der Waals surface area (Å²) >= 11 is 0. The first kappa shape index (κ1) is 17.1. The fraction of sp³-hybridized carbons (Fsp3) is 0.562. The molecule has 2 N–H and O–H groups in total. The van der Waals surface area contributed by atoms with Crippen LogP contribution in [0.3, 0.4) is 0 Å². The molecule has 0 aromatic heterocycles. The summed E-state index contributed by atoms with van der Waals surface area (Å²) in [5, 5.41) is 6.13. The third kappa shape index (κ3) is 6.38. The van der Waals surface area contributed by atoms with Crippen molar-refractivity contribution in [2.75, 3.05) is 32.6 Å². The Hall–Kier alpha value is -1.91. The summed E-state index contributed by atoms with van der Waals surface area (Å²) < 4.78 is 10.4. The molecular formula is C16H26N2O3. The van der Waals surface area contributed by atoms with E-state index in [-0.39, 0.29) is 5.91 Å². The Morgan fingerprint density at radius 2 is 1.86 bits per heavy atom. The van der Waals surface area contributed by atoms with Crippen LogP contribution in [-0.4, -0.2) is 33.2 Å². The summed E-state index contributed by atoms with van der Waals surface area (Å²) in [6, 6.07) is 5.60. The van der Waals surface area contributed by atoms with Gasteiger partial charge in [-0.05, 0) is 18.6 Å². The van der Waals surface area contributed by atoms with Gasteiger partial charge in [0.1, 0.15) is 0 Å². The lowest BCUT2D eigenvalue weighted by molar-refractivity contribution is -0.120. The van der Waals surface area contributed by atoms with Crippen molar-refractivity contribution < 1.29 is 14.3 Å². The molecule has 5 nitrogen and oxygen atoms in total. The predicted octanol–water partition coefficient (Wildman–Crippen LogP) is 2.81. The fourth-order valence-electron chi connectivity index (χ4n) is 1.96. The molecule has 0 saturated heterocycles. The Labute approximate surface area is 127 Å². The van der Waals surface area contributed by atoms with Gasteiger partial charge in [-0.25, -0.2) is 0 Å². The Kier molecular flexibility index (Phi) is 8.09. The largest absolute Gasteiger partial charge is 0.493 e. The lowest BCUT2D eigenvalue weighted by atomic mass is 10.2. The van der Waals surface area contributed by atoms with Crippen molar-refractivity contribution in [3.8, 4) is 11.5 Å². The molecule has 0 saturated carbocycles. The molecule has 0 fully saturated rings. The van der Waals surface area contributed by atoms with E-state index in [1.54, 1.807) is 14.2 Å². The number of anilines is 1. The zero-order valence-corrected chi connectivity index (χ0v) is 13.2. The summed E-state index contributed by atoms with van der Waals surface area (Å²) in [6.07, 6.45) is 3.83. The van der Waals surface area contributed by atoms with Gasteiger partial charge >= 0.3 is 0 Å². The number of unbranched alkanes of at least 4 members (excludes halogenated alkanes) is 2. The van der Waals surface area contributed by atoms with Crippen LogP contribution in [0.25, 0.3) is 0 Å². The minimum atomic E-state index is 0.0825. The number of methoxy groups -OCH3 is 2. The third-order valence-corrected chi connectivity index (χ3v) is 3.17. The van der Waals surface area contributed by atoms with E-state index in [4.69, 9.17) is 9.47 Å². The van der Waals surface area contributed by atoms with E-state index in [9.17, 15) is 4.79 Å². The van der Waals surface area contributed by atoms with Crippen LogP contribution in [0.15, 0.2) is 18.2 Å². The summed E-state index contributed by atoms with van der Waals surface area (Å²) in [7, 11) is 3.21. The fourth-order valence-corrected chi connectivity index (χ4v) is 1.96. The van der Waals surface area contributed by atoms with E-state index >= 15 is 0 Å². The molecular weight excluding hydrogens is 268 g/mol. The number of carbonyl (C=O) groups excluding carboxylic acids is 1. The van der Waals surface area contributed by atoms with Gasteiger partial charge in [-0.15, -0.1) is 0 Å². The maximum atomic E-state index is 11.6. The molecule has 0 atom stereocenters. The first-order valence-corrected chi connectivity index (χ1v) is 7.43. The minimum Gasteiger partial charge on any atom is -0.493 e. The summed E-state index contributed by atoms with van der Waals surface area (Å²) in [5.74, 6) is 1.45. The average molecular weight is 294 g/mol. The summed E-state index contributed by atoms with van der Waals surface area (Å²) in [4.78, 5) is 11.6. The molecule has 1 amide bonds. The van der Waals surface area contributed by atoms with E-state index in [0.29, 0.717) is 24.5 Å². The molecule has 118 valence electrons. The van der Waals surface area contributed by atoms with Crippen molar-refractivity contribution in [1.29, 1.82) is 0 Å². The zero-order valence-electron chi connectivity index (χ0n) is 13.2. The van der Waals surface area contributed by atoms with Gasteiger partial charge < -0.3 is 20.1 Å². The van der Waals surface area contributed by atoms with Gasteiger partial charge in [0.25, 0.3) is 0 Å². The van der Waals surface area contributed by atoms with Crippen LogP contribution < -0.4 is 20.1 Å². The standard InChI is InChI=1S/C16H26N2O3/c1-4-5-6-10-18-16(19)9-11-17-13-7-8-14(20-2)15(12-13)21-3/h7-8,12,17H,4-6,9-11H2,1-3H3,(H,18,19). The Balaban J connectivity index is 2.30. The highest BCUT2D eigenvalue weighted by atomic mass is 16.5. The lowest BCUT2D eigenvalue weighted by Gasteiger charge is -2.11. The number of benzene rings is 1. The molecule has 1 rings (SSSR count). The van der Waals surface area contributed by atoms with E-state index in [2.05, 4.69) is 17.6 Å². The van der Waals surface area contributed by atoms with Crippen molar-refractivity contribution in [1.82, 2.24) is 5.32 Å². The van der Waals surface area contributed by atoms with Crippen LogP contribution >= 0.6 is 0 Å². The molecule has 0 bridgehead atoms. The first-order valence-electron chi connectivity index (χ1n) is 7.43. The number of carbonyl (C=O) groups is 1. The quantitative estimate of drug-likeness (QED) is 0.651. The lowest BCUT2D eigenvalue weighted by Crippen LogP contribution is -2.26. The molecule has 0 spiro atoms. The zero-order chi connectivity index (χ0) is 15.5. The number of nitrogens with one attached hydrogen (secondary N) is 2. The summed E-state index contributed by atoms with van der Waals surface area (Å²) in [5.41, 5.74) is 0.909. The van der Waals surface area contributed by atoms with Crippen LogP contribution in [-0.2, 0) is 4.79 Å². The number of hydrogen-bond donors (Lipinski definition) is 2. The molecule has 1 aromatic carbocycles. The Morgan fingerprint density at radius 3 is 2.52 bits per heavy atom. The monoisotopic (exact) mass is 294 g/mol. The van der Waals surface area contributed by atoms with Gasteiger partial charge in [0, 0.05) is 31.3 Å². The van der Waals surface area contributed by atoms with E-state index in [0.717, 1.165) is 31.5 Å². The number of rotatable bonds is 10. The van der Waals surface area contributed by atoms with Crippen LogP contribution in [0.2, 0.25) is 0 Å². The highest BCUT2D eigenvalue weighted by Gasteiger charge is 2.05. The van der Waals surface area contributed by atoms with Crippen molar-refractivity contribution >= 4 is 11.6 Å². The minimum absolute atomic E-state index is 0.0825. The van der Waals surface area contributed by atoms with Crippen molar-refractivity contribution in [2.45, 2.75) is 32.6 Å². The molecule has 21 heavy (non-hydrogen) atoms. The highest BCUT2D eigenvalue weighted by Crippen LogP contribution is 2.29. The van der Waals surface area contributed by atoms with Gasteiger partial charge in [-0.3, -0.25) is 4.79 Å². The third-order valence-electron chi connectivity index (χ3n) is 3.17. The average Bonchev–Trinajstić information content (AvgIpc) is 2.51. The number of amides is 1. The van der Waals surface area contributed by atoms with Crippen molar-refractivity contribution in [3.63, 3.8) is 0 Å². The van der Waals surface area contributed by atoms with E-state index in [1.807, 2.05) is 18.2 Å². The number of hydrogen-bond acceptors (Lipinski definition) is 4. The van der Waals surface area contributed by atoms with Crippen LogP contribution in [0.1, 0.15) is 32.6 Å². The van der Waals surface area contributed by atoms with Gasteiger partial charge in [-0.1, -0.05) is 19.8 Å². The Bertz CT molecular complexity index is 436. The molecule has 0 aliphatic rings. The van der Waals surface area contributed by atoms with Gasteiger partial charge in [0.2, 0.25) is 5.91 Å². The molecule has 0 unspecified atom stereocenters. The number of ether oxygens (including phenoxy) is 2. The molecule has 5 heteroatoms. The van der Waals surface area contributed by atoms with Crippen molar-refractivity contribution in [2.24, 2.45) is 0 Å². The second-order valence-electron chi connectivity index (χ2n) is 4.80. The topological polar surface area (TPSA) is 59.6 Å². The SMILES string of the molecule is CCCCCNC(=O)CCNc1ccc(OC)c(OC)c1. The van der Waals surface area contributed by atoms with Gasteiger partial charge in [-0.2, -0.15) is 0 Å². The molecule has 0 radical (unpaired) electrons. The predicted molar refractivity (Wildman–Crippen MR) is 85.2 cm³/mol. The first-order chi connectivity index (χ1) is 10.2. The van der Waals surface area contributed by atoms with E-state index < -0.39 is 0 Å². The van der Waals surface area contributed by atoms with Crippen LogP contribution in [0.4, 0.5) is 5.69 Å². The molecule has 0 heterocycles. The van der Waals surface area contributed by atoms with Crippen molar-refractivity contribution in [3.05, 3.63) is 18.2 Å². The highest BCUT2D eigenvalue weighted by molar-refractivity contribution is 5.76. The second-order valence-corrected chi connectivity index (χ2v) is 4.80. The smallest absolute Gasteiger partial charge is 0.221 e. The molecule has 1 aromatic rings. The van der Waals surface area contributed by atoms with Gasteiger partial charge in [0.05, 0.1) is 14.2 Å². The maximum absolute atomic E-state index is 11.6. The normalized spacial score (nSPS) is 10.0. The summed E-state index contributed by atoms with van der Waals surface area (Å²) in [6.45, 7) is 3.51. The van der Waals surface area contributed by atoms with Crippen LogP contribution in [0, 0.1) is 0 Å². The molecule has 0 aliphatic carbocycles.